The summed E-state index contributed by atoms with van der Waals surface area (Å²) in [5.74, 6) is 0.108. The largest absolute Gasteiger partial charge is 0.475 e. The van der Waals surface area contributed by atoms with Crippen molar-refractivity contribution in [1.29, 1.82) is 0 Å². The van der Waals surface area contributed by atoms with Crippen LogP contribution in [0.3, 0.4) is 0 Å². The fraction of sp³-hybridized carbons (Fsp3) is 0.333. The SMILES string of the molecule is CCOC(=O)C1COC(c2ccc(Cl)cc2)=N1. The fourth-order valence-electron chi connectivity index (χ4n) is 1.48. The van der Waals surface area contributed by atoms with Crippen LogP contribution in [0.2, 0.25) is 5.02 Å². The number of ether oxygens (including phenoxy) is 2. The lowest BCUT2D eigenvalue weighted by atomic mass is 10.2. The van der Waals surface area contributed by atoms with Crippen molar-refractivity contribution in [3.05, 3.63) is 34.9 Å². The molecule has 0 N–H and O–H groups in total. The molecule has 0 fully saturated rings. The van der Waals surface area contributed by atoms with Crippen molar-refractivity contribution in [2.24, 2.45) is 4.99 Å². The summed E-state index contributed by atoms with van der Waals surface area (Å²) in [5.41, 5.74) is 0.807. The lowest BCUT2D eigenvalue weighted by molar-refractivity contribution is -0.144. The van der Waals surface area contributed by atoms with Crippen molar-refractivity contribution in [3.63, 3.8) is 0 Å². The number of hydrogen-bond acceptors (Lipinski definition) is 4. The number of aliphatic imine (C=N–C) groups is 1. The van der Waals surface area contributed by atoms with Crippen LogP contribution in [-0.4, -0.2) is 31.1 Å². The quantitative estimate of drug-likeness (QED) is 0.775. The van der Waals surface area contributed by atoms with Gasteiger partial charge in [-0.3, -0.25) is 0 Å². The third-order valence-electron chi connectivity index (χ3n) is 2.30. The highest BCUT2D eigenvalue weighted by Crippen LogP contribution is 2.15. The molecule has 0 saturated carbocycles. The Morgan fingerprint density at radius 1 is 1.53 bits per heavy atom. The van der Waals surface area contributed by atoms with Gasteiger partial charge < -0.3 is 9.47 Å². The normalized spacial score (nSPS) is 18.5. The first-order chi connectivity index (χ1) is 8.20. The minimum absolute atomic E-state index is 0.233. The summed E-state index contributed by atoms with van der Waals surface area (Å²) in [6.07, 6.45) is 0. The Balaban J connectivity index is 2.11. The molecule has 5 heteroatoms. The molecule has 1 atom stereocenters. The Bertz CT molecular complexity index is 442. The maximum Gasteiger partial charge on any atom is 0.334 e. The molecule has 1 aromatic rings. The van der Waals surface area contributed by atoms with Crippen molar-refractivity contribution in [1.82, 2.24) is 0 Å². The summed E-state index contributed by atoms with van der Waals surface area (Å²) in [4.78, 5) is 15.6. The lowest BCUT2D eigenvalue weighted by Crippen LogP contribution is -2.22. The number of hydrogen-bond donors (Lipinski definition) is 0. The maximum absolute atomic E-state index is 11.4. The van der Waals surface area contributed by atoms with Crippen LogP contribution in [0, 0.1) is 0 Å². The molecule has 1 aliphatic rings. The van der Waals surface area contributed by atoms with E-state index in [4.69, 9.17) is 21.1 Å². The van der Waals surface area contributed by atoms with Gasteiger partial charge in [-0.2, -0.15) is 0 Å². The molecular formula is C12H12ClNO3. The minimum atomic E-state index is -0.555. The Hall–Kier alpha value is -1.55. The molecule has 0 radical (unpaired) electrons. The summed E-state index contributed by atoms with van der Waals surface area (Å²) < 4.78 is 10.2. The number of carbonyl (C=O) groups is 1. The van der Waals surface area contributed by atoms with E-state index in [1.54, 1.807) is 31.2 Å². The van der Waals surface area contributed by atoms with Crippen molar-refractivity contribution < 1.29 is 14.3 Å². The van der Waals surface area contributed by atoms with E-state index < -0.39 is 6.04 Å². The van der Waals surface area contributed by atoms with Crippen molar-refractivity contribution in [2.45, 2.75) is 13.0 Å². The molecule has 1 aromatic carbocycles. The number of rotatable bonds is 3. The fourth-order valence-corrected chi connectivity index (χ4v) is 1.61. The van der Waals surface area contributed by atoms with Crippen molar-refractivity contribution in [2.75, 3.05) is 13.2 Å². The van der Waals surface area contributed by atoms with Gasteiger partial charge in [0, 0.05) is 10.6 Å². The third kappa shape index (κ3) is 2.77. The average Bonchev–Trinajstić information content (AvgIpc) is 2.80. The number of benzene rings is 1. The van der Waals surface area contributed by atoms with E-state index in [2.05, 4.69) is 4.99 Å². The van der Waals surface area contributed by atoms with Gasteiger partial charge in [-0.05, 0) is 31.2 Å². The van der Waals surface area contributed by atoms with Gasteiger partial charge in [-0.1, -0.05) is 11.6 Å². The van der Waals surface area contributed by atoms with E-state index in [9.17, 15) is 4.79 Å². The average molecular weight is 254 g/mol. The number of esters is 1. The molecule has 90 valence electrons. The van der Waals surface area contributed by atoms with Gasteiger partial charge in [0.15, 0.2) is 6.04 Å². The molecule has 2 rings (SSSR count). The maximum atomic E-state index is 11.4. The van der Waals surface area contributed by atoms with Gasteiger partial charge in [0.1, 0.15) is 6.61 Å². The first-order valence-corrected chi connectivity index (χ1v) is 5.71. The molecule has 0 bridgehead atoms. The van der Waals surface area contributed by atoms with E-state index in [0.717, 1.165) is 5.56 Å². The highest BCUT2D eigenvalue weighted by atomic mass is 35.5. The number of nitrogens with zero attached hydrogens (tertiary/aromatic N) is 1. The molecule has 4 nitrogen and oxygen atoms in total. The van der Waals surface area contributed by atoms with E-state index in [1.165, 1.54) is 0 Å². The van der Waals surface area contributed by atoms with Gasteiger partial charge in [0.2, 0.25) is 5.90 Å². The monoisotopic (exact) mass is 253 g/mol. The first-order valence-electron chi connectivity index (χ1n) is 5.34. The number of carbonyl (C=O) groups excluding carboxylic acids is 1. The second-order valence-corrected chi connectivity index (χ2v) is 3.96. The van der Waals surface area contributed by atoms with Gasteiger partial charge in [0.25, 0.3) is 0 Å². The molecule has 1 unspecified atom stereocenters. The van der Waals surface area contributed by atoms with E-state index >= 15 is 0 Å². The Morgan fingerprint density at radius 2 is 2.24 bits per heavy atom. The molecule has 17 heavy (non-hydrogen) atoms. The van der Waals surface area contributed by atoms with Crippen LogP contribution < -0.4 is 0 Å². The van der Waals surface area contributed by atoms with Gasteiger partial charge in [-0.25, -0.2) is 9.79 Å². The van der Waals surface area contributed by atoms with Crippen molar-refractivity contribution >= 4 is 23.5 Å². The molecule has 0 aromatic heterocycles. The minimum Gasteiger partial charge on any atom is -0.475 e. The summed E-state index contributed by atoms with van der Waals surface area (Å²) in [5, 5.41) is 0.647. The molecule has 0 amide bonds. The lowest BCUT2D eigenvalue weighted by Gasteiger charge is -2.03. The van der Waals surface area contributed by atoms with Crippen LogP contribution in [0.5, 0.6) is 0 Å². The van der Waals surface area contributed by atoms with E-state index in [1.807, 2.05) is 0 Å². The van der Waals surface area contributed by atoms with Crippen LogP contribution in [0.4, 0.5) is 0 Å². The highest BCUT2D eigenvalue weighted by Gasteiger charge is 2.27. The van der Waals surface area contributed by atoms with E-state index in [0.29, 0.717) is 17.5 Å². The number of halogens is 1. The topological polar surface area (TPSA) is 47.9 Å². The Kier molecular flexibility index (Phi) is 3.64. The van der Waals surface area contributed by atoms with Gasteiger partial charge >= 0.3 is 5.97 Å². The Labute approximate surface area is 104 Å². The van der Waals surface area contributed by atoms with E-state index in [-0.39, 0.29) is 12.6 Å². The zero-order valence-electron chi connectivity index (χ0n) is 9.35. The highest BCUT2D eigenvalue weighted by molar-refractivity contribution is 6.30. The molecule has 1 heterocycles. The zero-order valence-corrected chi connectivity index (χ0v) is 10.1. The first kappa shape index (κ1) is 11.9. The molecule has 0 saturated heterocycles. The molecule has 1 aliphatic heterocycles. The zero-order chi connectivity index (χ0) is 12.3. The van der Waals surface area contributed by atoms with Crippen LogP contribution in [0.15, 0.2) is 29.3 Å². The van der Waals surface area contributed by atoms with Gasteiger partial charge in [0.05, 0.1) is 6.61 Å². The van der Waals surface area contributed by atoms with Crippen LogP contribution in [0.1, 0.15) is 12.5 Å². The molecular weight excluding hydrogens is 242 g/mol. The van der Waals surface area contributed by atoms with Crippen LogP contribution in [-0.2, 0) is 14.3 Å². The predicted molar refractivity (Wildman–Crippen MR) is 64.4 cm³/mol. The molecule has 0 aliphatic carbocycles. The second kappa shape index (κ2) is 5.19. The van der Waals surface area contributed by atoms with Crippen LogP contribution in [0.25, 0.3) is 0 Å². The summed E-state index contributed by atoms with van der Waals surface area (Å²) in [6, 6.07) is 6.55. The standard InChI is InChI=1S/C12H12ClNO3/c1-2-16-12(15)10-7-17-11(14-10)8-3-5-9(13)6-4-8/h3-6,10H,2,7H2,1H3. The third-order valence-corrected chi connectivity index (χ3v) is 2.55. The second-order valence-electron chi connectivity index (χ2n) is 3.52. The summed E-state index contributed by atoms with van der Waals surface area (Å²) >= 11 is 5.78. The summed E-state index contributed by atoms with van der Waals surface area (Å²) in [6.45, 7) is 2.34. The van der Waals surface area contributed by atoms with Crippen LogP contribution >= 0.6 is 11.6 Å². The van der Waals surface area contributed by atoms with Crippen molar-refractivity contribution in [3.8, 4) is 0 Å². The smallest absolute Gasteiger partial charge is 0.334 e. The Morgan fingerprint density at radius 3 is 2.88 bits per heavy atom. The molecule has 0 spiro atoms. The van der Waals surface area contributed by atoms with Gasteiger partial charge in [-0.15, -0.1) is 0 Å². The predicted octanol–water partition coefficient (Wildman–Crippen LogP) is 2.05. The summed E-state index contributed by atoms with van der Waals surface area (Å²) in [7, 11) is 0.